The Morgan fingerprint density at radius 3 is 2.48 bits per heavy atom. The van der Waals surface area contributed by atoms with E-state index in [2.05, 4.69) is 49.9 Å². The van der Waals surface area contributed by atoms with E-state index in [1.54, 1.807) is 0 Å². The van der Waals surface area contributed by atoms with Gasteiger partial charge in [-0.15, -0.1) is 0 Å². The number of fused-ring (bicyclic) bond motifs is 1. The molecule has 0 saturated carbocycles. The zero-order chi connectivity index (χ0) is 20.4. The Hall–Kier alpha value is -2.49. The number of rotatable bonds is 5. The van der Waals surface area contributed by atoms with Crippen LogP contribution in [0, 0.1) is 0 Å². The summed E-state index contributed by atoms with van der Waals surface area (Å²) in [6.45, 7) is 7.69. The molecule has 0 N–H and O–H groups in total. The van der Waals surface area contributed by atoms with Crippen LogP contribution in [-0.2, 0) is 6.42 Å². The first-order valence-corrected chi connectivity index (χ1v) is 10.8. The van der Waals surface area contributed by atoms with Gasteiger partial charge in [-0.3, -0.25) is 4.79 Å². The molecule has 0 aromatic heterocycles. The predicted octanol–water partition coefficient (Wildman–Crippen LogP) is 5.21. The Morgan fingerprint density at radius 2 is 1.76 bits per heavy atom. The van der Waals surface area contributed by atoms with Crippen molar-refractivity contribution in [2.75, 3.05) is 13.2 Å². The van der Waals surface area contributed by atoms with Crippen molar-refractivity contribution in [3.63, 3.8) is 0 Å². The van der Waals surface area contributed by atoms with Crippen LogP contribution in [0.4, 0.5) is 0 Å². The van der Waals surface area contributed by atoms with Crippen LogP contribution >= 0.6 is 0 Å². The molecule has 0 aliphatic carbocycles. The number of hydrogen-bond donors (Lipinski definition) is 0. The van der Waals surface area contributed by atoms with E-state index in [0.29, 0.717) is 30.4 Å². The van der Waals surface area contributed by atoms with Gasteiger partial charge in [0.05, 0.1) is 0 Å². The van der Waals surface area contributed by atoms with Gasteiger partial charge < -0.3 is 14.4 Å². The lowest BCUT2D eigenvalue weighted by Crippen LogP contribution is -2.40. The van der Waals surface area contributed by atoms with Gasteiger partial charge in [-0.1, -0.05) is 38.1 Å². The fourth-order valence-electron chi connectivity index (χ4n) is 4.45. The van der Waals surface area contributed by atoms with Crippen molar-refractivity contribution in [3.05, 3.63) is 59.2 Å². The molecule has 4 rings (SSSR count). The molecule has 0 spiro atoms. The van der Waals surface area contributed by atoms with Crippen LogP contribution in [-0.4, -0.2) is 36.1 Å². The van der Waals surface area contributed by atoms with Crippen LogP contribution in [0.15, 0.2) is 42.5 Å². The first-order chi connectivity index (χ1) is 14.0. The quantitative estimate of drug-likeness (QED) is 0.700. The lowest BCUT2D eigenvalue weighted by atomic mass is 9.98. The summed E-state index contributed by atoms with van der Waals surface area (Å²) >= 11 is 0. The molecule has 2 atom stereocenters. The SMILES string of the molecule is CC(C)c1ccc(CC[C@H]2CC[C@@H](C)N2C(=O)c2ccc3c(c2)OCCO3)cc1. The molecule has 1 saturated heterocycles. The number of likely N-dealkylation sites (tertiary alicyclic amines) is 1. The summed E-state index contributed by atoms with van der Waals surface area (Å²) in [6.07, 6.45) is 4.14. The second-order valence-corrected chi connectivity index (χ2v) is 8.59. The first-order valence-electron chi connectivity index (χ1n) is 10.8. The van der Waals surface area contributed by atoms with E-state index in [-0.39, 0.29) is 18.0 Å². The fraction of sp³-hybridized carbons (Fsp3) is 0.480. The molecule has 154 valence electrons. The maximum absolute atomic E-state index is 13.3. The number of carbonyl (C=O) groups is 1. The lowest BCUT2D eigenvalue weighted by molar-refractivity contribution is 0.0671. The van der Waals surface area contributed by atoms with E-state index < -0.39 is 0 Å². The molecule has 29 heavy (non-hydrogen) atoms. The van der Waals surface area contributed by atoms with Crippen LogP contribution in [0.3, 0.4) is 0 Å². The molecule has 2 heterocycles. The van der Waals surface area contributed by atoms with Gasteiger partial charge in [0.15, 0.2) is 11.5 Å². The molecule has 2 aromatic rings. The van der Waals surface area contributed by atoms with E-state index in [0.717, 1.165) is 31.4 Å². The summed E-state index contributed by atoms with van der Waals surface area (Å²) in [5.74, 6) is 2.06. The molecule has 0 unspecified atom stereocenters. The number of nitrogens with zero attached hydrogens (tertiary/aromatic N) is 1. The maximum Gasteiger partial charge on any atom is 0.254 e. The highest BCUT2D eigenvalue weighted by atomic mass is 16.6. The number of hydrogen-bond acceptors (Lipinski definition) is 3. The van der Waals surface area contributed by atoms with Crippen LogP contribution in [0.5, 0.6) is 11.5 Å². The normalized spacial score (nSPS) is 20.9. The third kappa shape index (κ3) is 4.26. The van der Waals surface area contributed by atoms with Gasteiger partial charge in [-0.05, 0) is 67.9 Å². The van der Waals surface area contributed by atoms with Gasteiger partial charge in [-0.2, -0.15) is 0 Å². The number of aryl methyl sites for hydroxylation is 1. The van der Waals surface area contributed by atoms with Crippen molar-refractivity contribution in [1.29, 1.82) is 0 Å². The van der Waals surface area contributed by atoms with Crippen LogP contribution < -0.4 is 9.47 Å². The summed E-state index contributed by atoms with van der Waals surface area (Å²) < 4.78 is 11.3. The van der Waals surface area contributed by atoms with Gasteiger partial charge >= 0.3 is 0 Å². The third-order valence-electron chi connectivity index (χ3n) is 6.22. The molecule has 2 aliphatic heterocycles. The van der Waals surface area contributed by atoms with Gasteiger partial charge in [0.2, 0.25) is 0 Å². The molecule has 2 aliphatic rings. The van der Waals surface area contributed by atoms with E-state index in [1.807, 2.05) is 18.2 Å². The van der Waals surface area contributed by atoms with Crippen molar-refractivity contribution in [1.82, 2.24) is 4.90 Å². The number of ether oxygens (including phenoxy) is 2. The second kappa shape index (κ2) is 8.48. The zero-order valence-corrected chi connectivity index (χ0v) is 17.7. The molecule has 1 fully saturated rings. The highest BCUT2D eigenvalue weighted by Gasteiger charge is 2.34. The number of benzene rings is 2. The Labute approximate surface area is 173 Å². The lowest BCUT2D eigenvalue weighted by Gasteiger charge is -2.29. The van der Waals surface area contributed by atoms with Crippen molar-refractivity contribution < 1.29 is 14.3 Å². The minimum Gasteiger partial charge on any atom is -0.486 e. The molecule has 4 nitrogen and oxygen atoms in total. The summed E-state index contributed by atoms with van der Waals surface area (Å²) in [5, 5.41) is 0. The topological polar surface area (TPSA) is 38.8 Å². The number of carbonyl (C=O) groups excluding carboxylic acids is 1. The van der Waals surface area contributed by atoms with E-state index >= 15 is 0 Å². The van der Waals surface area contributed by atoms with E-state index in [9.17, 15) is 4.79 Å². The minimum atomic E-state index is 0.104. The average Bonchev–Trinajstić information content (AvgIpc) is 3.12. The largest absolute Gasteiger partial charge is 0.486 e. The summed E-state index contributed by atoms with van der Waals surface area (Å²) in [7, 11) is 0. The van der Waals surface area contributed by atoms with Crippen molar-refractivity contribution in [2.24, 2.45) is 0 Å². The summed E-state index contributed by atoms with van der Waals surface area (Å²) in [4.78, 5) is 15.4. The van der Waals surface area contributed by atoms with Gasteiger partial charge in [0, 0.05) is 17.6 Å². The molecular weight excluding hydrogens is 362 g/mol. The zero-order valence-electron chi connectivity index (χ0n) is 17.7. The van der Waals surface area contributed by atoms with Crippen molar-refractivity contribution in [3.8, 4) is 11.5 Å². The van der Waals surface area contributed by atoms with Crippen LogP contribution in [0.1, 0.15) is 67.4 Å². The minimum absolute atomic E-state index is 0.104. The Kier molecular flexibility index (Phi) is 5.79. The average molecular weight is 394 g/mol. The molecule has 2 aromatic carbocycles. The van der Waals surface area contributed by atoms with Crippen molar-refractivity contribution in [2.45, 2.75) is 64.5 Å². The Morgan fingerprint density at radius 1 is 1.03 bits per heavy atom. The molecule has 0 radical (unpaired) electrons. The van der Waals surface area contributed by atoms with Gasteiger partial charge in [0.1, 0.15) is 13.2 Å². The monoisotopic (exact) mass is 393 g/mol. The fourth-order valence-corrected chi connectivity index (χ4v) is 4.45. The Balaban J connectivity index is 1.45. The van der Waals surface area contributed by atoms with Crippen LogP contribution in [0.25, 0.3) is 0 Å². The highest BCUT2D eigenvalue weighted by Crippen LogP contribution is 2.34. The summed E-state index contributed by atoms with van der Waals surface area (Å²) in [5.41, 5.74) is 3.41. The summed E-state index contributed by atoms with van der Waals surface area (Å²) in [6, 6.07) is 15.0. The number of amides is 1. The van der Waals surface area contributed by atoms with Gasteiger partial charge in [-0.25, -0.2) is 0 Å². The first kappa shape index (κ1) is 19.8. The standard InChI is InChI=1S/C25H31NO3/c1-17(2)20-8-5-19(6-9-20)7-12-22-11-4-18(3)26(22)25(27)21-10-13-23-24(16-21)29-15-14-28-23/h5-6,8-10,13,16-18,22H,4,7,11-12,14-15H2,1-3H3/t18-,22-/m1/s1. The molecule has 1 amide bonds. The molecular formula is C25H31NO3. The Bertz CT molecular complexity index is 859. The van der Waals surface area contributed by atoms with E-state index in [1.165, 1.54) is 11.1 Å². The van der Waals surface area contributed by atoms with Crippen LogP contribution in [0.2, 0.25) is 0 Å². The van der Waals surface area contributed by atoms with E-state index in [4.69, 9.17) is 9.47 Å². The predicted molar refractivity (Wildman–Crippen MR) is 115 cm³/mol. The maximum atomic E-state index is 13.3. The second-order valence-electron chi connectivity index (χ2n) is 8.59. The van der Waals surface area contributed by atoms with Gasteiger partial charge in [0.25, 0.3) is 5.91 Å². The van der Waals surface area contributed by atoms with Crippen molar-refractivity contribution >= 4 is 5.91 Å². The smallest absolute Gasteiger partial charge is 0.254 e. The third-order valence-corrected chi connectivity index (χ3v) is 6.22. The molecule has 4 heteroatoms. The highest BCUT2D eigenvalue weighted by molar-refractivity contribution is 5.95. The molecule has 0 bridgehead atoms.